The molecule has 8 heteroatoms. The number of fused-ring (bicyclic) bond motifs is 1. The molecule has 0 aliphatic carbocycles. The van der Waals surface area contributed by atoms with E-state index >= 15 is 0 Å². The predicted molar refractivity (Wildman–Crippen MR) is 112 cm³/mol. The lowest BCUT2D eigenvalue weighted by molar-refractivity contribution is -0.116. The lowest BCUT2D eigenvalue weighted by atomic mass is 9.86. The van der Waals surface area contributed by atoms with Crippen molar-refractivity contribution in [2.24, 2.45) is 7.05 Å². The summed E-state index contributed by atoms with van der Waals surface area (Å²) in [4.78, 5) is 29.4. The van der Waals surface area contributed by atoms with Crippen molar-refractivity contribution in [2.45, 2.75) is 30.2 Å². The maximum atomic E-state index is 13.7. The molecule has 1 unspecified atom stereocenters. The lowest BCUT2D eigenvalue weighted by Crippen LogP contribution is -2.33. The fourth-order valence-electron chi connectivity index (χ4n) is 3.56. The van der Waals surface area contributed by atoms with Crippen LogP contribution in [0.4, 0.5) is 14.6 Å². The van der Waals surface area contributed by atoms with Crippen LogP contribution in [0.3, 0.4) is 0 Å². The molecule has 1 amide bonds. The quantitative estimate of drug-likeness (QED) is 0.502. The average molecular weight is 427 g/mol. The van der Waals surface area contributed by atoms with E-state index in [4.69, 9.17) is 0 Å². The third-order valence-electron chi connectivity index (χ3n) is 5.08. The van der Waals surface area contributed by atoms with Gasteiger partial charge in [-0.05, 0) is 30.2 Å². The summed E-state index contributed by atoms with van der Waals surface area (Å²) in [6.45, 7) is 2.01. The van der Waals surface area contributed by atoms with Crippen LogP contribution in [0, 0.1) is 18.6 Å². The van der Waals surface area contributed by atoms with Crippen molar-refractivity contribution in [3.63, 3.8) is 0 Å². The second-order valence-corrected chi connectivity index (χ2v) is 8.25. The number of carbonyl (C=O) groups excluding carboxylic acids is 1. The minimum atomic E-state index is -0.763. The Hall–Kier alpha value is -3.00. The molecule has 1 aromatic heterocycles. The van der Waals surface area contributed by atoms with E-state index in [0.717, 1.165) is 29.3 Å². The summed E-state index contributed by atoms with van der Waals surface area (Å²) in [7, 11) is 1.71. The van der Waals surface area contributed by atoms with E-state index in [2.05, 4.69) is 10.3 Å². The first-order valence-electron chi connectivity index (χ1n) is 9.37. The van der Waals surface area contributed by atoms with Gasteiger partial charge in [0.15, 0.2) is 5.16 Å². The molecule has 5 nitrogen and oxygen atoms in total. The maximum absolute atomic E-state index is 13.7. The van der Waals surface area contributed by atoms with Gasteiger partial charge in [0.1, 0.15) is 17.5 Å². The minimum Gasteiger partial charge on any atom is -0.312 e. The van der Waals surface area contributed by atoms with Gasteiger partial charge in [0.05, 0.1) is 5.56 Å². The minimum absolute atomic E-state index is 0.0807. The molecule has 2 aromatic carbocycles. The Balaban J connectivity index is 1.72. The third kappa shape index (κ3) is 4.00. The molecule has 4 rings (SSSR count). The fourth-order valence-corrected chi connectivity index (χ4v) is 4.48. The van der Waals surface area contributed by atoms with Crippen LogP contribution in [0.15, 0.2) is 52.4 Å². The van der Waals surface area contributed by atoms with E-state index in [0.29, 0.717) is 16.7 Å². The van der Waals surface area contributed by atoms with Crippen LogP contribution in [0.1, 0.15) is 34.6 Å². The summed E-state index contributed by atoms with van der Waals surface area (Å²) >= 11 is 1.38. The van der Waals surface area contributed by atoms with Gasteiger partial charge in [0.2, 0.25) is 5.91 Å². The SMILES string of the molecule is Cc1ccc(CSc2nc(=O)c3c(n2C)NC(=O)CC3c2cc(F)cc(F)c2)cc1. The standard InChI is InChI=1S/C22H19F2N3O2S/c1-12-3-5-13(6-4-12)11-30-22-26-21(29)19-17(10-18(28)25-20(19)27(22)2)14-7-15(23)9-16(24)8-14/h3-9,17H,10-11H2,1-2H3,(H,25,28). The van der Waals surface area contributed by atoms with Crippen molar-refractivity contribution in [3.8, 4) is 0 Å². The molecule has 0 fully saturated rings. The summed E-state index contributed by atoms with van der Waals surface area (Å²) in [6.07, 6.45) is -0.0807. The maximum Gasteiger partial charge on any atom is 0.279 e. The normalized spacial score (nSPS) is 15.6. The fraction of sp³-hybridized carbons (Fsp3) is 0.227. The van der Waals surface area contributed by atoms with Gasteiger partial charge in [-0.3, -0.25) is 9.59 Å². The molecule has 3 aromatic rings. The smallest absolute Gasteiger partial charge is 0.279 e. The molecule has 154 valence electrons. The highest BCUT2D eigenvalue weighted by atomic mass is 32.2. The highest BCUT2D eigenvalue weighted by Crippen LogP contribution is 2.36. The number of rotatable bonds is 4. The zero-order valence-electron chi connectivity index (χ0n) is 16.4. The Kier molecular flexibility index (Phi) is 5.42. The highest BCUT2D eigenvalue weighted by molar-refractivity contribution is 7.98. The molecule has 1 aliphatic rings. The molecule has 30 heavy (non-hydrogen) atoms. The van der Waals surface area contributed by atoms with Crippen LogP contribution < -0.4 is 10.9 Å². The number of nitrogens with zero attached hydrogens (tertiary/aromatic N) is 2. The summed E-state index contributed by atoms with van der Waals surface area (Å²) in [6, 6.07) is 11.1. The molecule has 0 bridgehead atoms. The number of aromatic nitrogens is 2. The first-order valence-corrected chi connectivity index (χ1v) is 10.4. The van der Waals surface area contributed by atoms with Gasteiger partial charge in [-0.2, -0.15) is 4.98 Å². The number of anilines is 1. The van der Waals surface area contributed by atoms with Gasteiger partial charge in [0.25, 0.3) is 5.56 Å². The lowest BCUT2D eigenvalue weighted by Gasteiger charge is -2.27. The van der Waals surface area contributed by atoms with Crippen molar-refractivity contribution in [1.29, 1.82) is 0 Å². The van der Waals surface area contributed by atoms with E-state index in [1.165, 1.54) is 11.8 Å². The van der Waals surface area contributed by atoms with Gasteiger partial charge < -0.3 is 9.88 Å². The Labute approximate surface area is 176 Å². The molecule has 1 aliphatic heterocycles. The van der Waals surface area contributed by atoms with Crippen molar-refractivity contribution in [1.82, 2.24) is 9.55 Å². The number of hydrogen-bond donors (Lipinski definition) is 1. The van der Waals surface area contributed by atoms with Crippen molar-refractivity contribution >= 4 is 23.5 Å². The van der Waals surface area contributed by atoms with Gasteiger partial charge in [-0.25, -0.2) is 8.78 Å². The zero-order valence-corrected chi connectivity index (χ0v) is 17.2. The molecule has 0 radical (unpaired) electrons. The van der Waals surface area contributed by atoms with E-state index in [1.54, 1.807) is 11.6 Å². The third-order valence-corrected chi connectivity index (χ3v) is 6.18. The summed E-state index contributed by atoms with van der Waals surface area (Å²) in [5, 5.41) is 3.18. The van der Waals surface area contributed by atoms with Crippen molar-refractivity contribution in [2.75, 3.05) is 5.32 Å². The van der Waals surface area contributed by atoms with Gasteiger partial charge in [-0.15, -0.1) is 0 Å². The number of hydrogen-bond acceptors (Lipinski definition) is 4. The molecule has 1 N–H and O–H groups in total. The molecule has 0 spiro atoms. The van der Waals surface area contributed by atoms with Gasteiger partial charge in [0, 0.05) is 31.2 Å². The zero-order chi connectivity index (χ0) is 21.4. The predicted octanol–water partition coefficient (Wildman–Crippen LogP) is 4.13. The van der Waals surface area contributed by atoms with Crippen molar-refractivity contribution in [3.05, 3.63) is 86.7 Å². The van der Waals surface area contributed by atoms with Crippen LogP contribution in [0.25, 0.3) is 0 Å². The van der Waals surface area contributed by atoms with Gasteiger partial charge in [-0.1, -0.05) is 41.6 Å². The molecule has 1 atom stereocenters. The first kappa shape index (κ1) is 20.3. The average Bonchev–Trinajstić information content (AvgIpc) is 2.69. The van der Waals surface area contributed by atoms with E-state index < -0.39 is 23.1 Å². The number of carbonyl (C=O) groups is 1. The molecular formula is C22H19F2N3O2S. The molecular weight excluding hydrogens is 408 g/mol. The van der Waals surface area contributed by atoms with Crippen LogP contribution in [0.2, 0.25) is 0 Å². The largest absolute Gasteiger partial charge is 0.312 e. The van der Waals surface area contributed by atoms with E-state index in [1.807, 2.05) is 31.2 Å². The number of benzene rings is 2. The Morgan fingerprint density at radius 3 is 2.47 bits per heavy atom. The molecule has 2 heterocycles. The van der Waals surface area contributed by atoms with Crippen LogP contribution in [-0.2, 0) is 17.6 Å². The number of amides is 1. The van der Waals surface area contributed by atoms with Crippen molar-refractivity contribution < 1.29 is 13.6 Å². The van der Waals surface area contributed by atoms with Crippen LogP contribution >= 0.6 is 11.8 Å². The summed E-state index contributed by atoms with van der Waals surface area (Å²) in [5.74, 6) is -1.69. The number of halogens is 2. The summed E-state index contributed by atoms with van der Waals surface area (Å²) < 4.78 is 29.1. The second kappa shape index (κ2) is 8.02. The highest BCUT2D eigenvalue weighted by Gasteiger charge is 2.32. The Morgan fingerprint density at radius 1 is 1.13 bits per heavy atom. The Morgan fingerprint density at radius 2 is 1.80 bits per heavy atom. The van der Waals surface area contributed by atoms with E-state index in [-0.39, 0.29) is 23.5 Å². The first-order chi connectivity index (χ1) is 14.3. The summed E-state index contributed by atoms with van der Waals surface area (Å²) in [5.41, 5.74) is 2.20. The van der Waals surface area contributed by atoms with Gasteiger partial charge >= 0.3 is 0 Å². The second-order valence-electron chi connectivity index (χ2n) is 7.30. The number of nitrogens with one attached hydrogen (secondary N) is 1. The van der Waals surface area contributed by atoms with Crippen LogP contribution in [-0.4, -0.2) is 15.5 Å². The Bertz CT molecular complexity index is 1170. The number of aryl methyl sites for hydroxylation is 1. The molecule has 0 saturated heterocycles. The topological polar surface area (TPSA) is 64.0 Å². The monoisotopic (exact) mass is 427 g/mol. The van der Waals surface area contributed by atoms with Crippen LogP contribution in [0.5, 0.6) is 0 Å². The number of thioether (sulfide) groups is 1. The molecule has 0 saturated carbocycles. The van der Waals surface area contributed by atoms with E-state index in [9.17, 15) is 18.4 Å².